The number of aromatic amines is 1. The van der Waals surface area contributed by atoms with Crippen LogP contribution in [0.4, 0.5) is 5.82 Å². The van der Waals surface area contributed by atoms with Crippen molar-refractivity contribution in [3.63, 3.8) is 0 Å². The van der Waals surface area contributed by atoms with Crippen LogP contribution >= 0.6 is 0 Å². The van der Waals surface area contributed by atoms with Gasteiger partial charge in [0.25, 0.3) is 0 Å². The number of nitrogens with one attached hydrogen (secondary N) is 1. The van der Waals surface area contributed by atoms with E-state index in [1.807, 2.05) is 17.7 Å². The van der Waals surface area contributed by atoms with Crippen LogP contribution in [0.1, 0.15) is 24.4 Å². The number of aliphatic hydroxyl groups excluding tert-OH is 1. The van der Waals surface area contributed by atoms with Crippen LogP contribution in [0.3, 0.4) is 0 Å². The number of nitrogen functional groups attached to an aromatic ring is 1. The summed E-state index contributed by atoms with van der Waals surface area (Å²) in [7, 11) is 0. The molecule has 0 aliphatic carbocycles. The number of imidazole rings is 1. The predicted octanol–water partition coefficient (Wildman–Crippen LogP) is 0.484. The Hall–Kier alpha value is -1.82. The Bertz CT molecular complexity index is 461. The van der Waals surface area contributed by atoms with Crippen LogP contribution in [-0.2, 0) is 13.0 Å². The van der Waals surface area contributed by atoms with Gasteiger partial charge in [0.1, 0.15) is 11.6 Å². The van der Waals surface area contributed by atoms with Gasteiger partial charge in [0.15, 0.2) is 0 Å². The molecule has 0 saturated carbocycles. The summed E-state index contributed by atoms with van der Waals surface area (Å²) in [5.74, 6) is 1.25. The minimum absolute atomic E-state index is 0.405. The highest BCUT2D eigenvalue weighted by Crippen LogP contribution is 2.20. The molecule has 0 aliphatic heterocycles. The number of aryl methyl sites for hydroxylation is 1. The van der Waals surface area contributed by atoms with Gasteiger partial charge < -0.3 is 15.4 Å². The van der Waals surface area contributed by atoms with Gasteiger partial charge in [-0.25, -0.2) is 4.98 Å². The fourth-order valence-corrected chi connectivity index (χ4v) is 1.67. The van der Waals surface area contributed by atoms with Crippen LogP contribution in [0.2, 0.25) is 0 Å². The Morgan fingerprint density at radius 3 is 3.06 bits per heavy atom. The minimum atomic E-state index is -0.675. The molecule has 1 unspecified atom stereocenters. The van der Waals surface area contributed by atoms with Crippen molar-refractivity contribution in [3.8, 4) is 0 Å². The van der Waals surface area contributed by atoms with Gasteiger partial charge in [-0.1, -0.05) is 0 Å². The van der Waals surface area contributed by atoms with Crippen molar-refractivity contribution in [1.82, 2.24) is 19.7 Å². The zero-order valence-corrected chi connectivity index (χ0v) is 9.09. The Morgan fingerprint density at radius 1 is 1.62 bits per heavy atom. The lowest BCUT2D eigenvalue weighted by Crippen LogP contribution is -2.09. The van der Waals surface area contributed by atoms with Gasteiger partial charge in [0.05, 0.1) is 12.3 Å². The van der Waals surface area contributed by atoms with E-state index in [4.69, 9.17) is 5.73 Å². The van der Waals surface area contributed by atoms with Gasteiger partial charge in [-0.05, 0) is 6.92 Å². The molecule has 2 aromatic rings. The van der Waals surface area contributed by atoms with Crippen molar-refractivity contribution in [2.75, 3.05) is 5.73 Å². The van der Waals surface area contributed by atoms with Gasteiger partial charge in [-0.2, -0.15) is 5.10 Å². The van der Waals surface area contributed by atoms with Crippen molar-refractivity contribution in [2.24, 2.45) is 0 Å². The Kier molecular flexibility index (Phi) is 2.91. The molecule has 0 fully saturated rings. The normalized spacial score (nSPS) is 12.9. The zero-order chi connectivity index (χ0) is 11.5. The molecule has 0 saturated heterocycles. The number of H-pyrrole nitrogens is 1. The molecule has 2 aromatic heterocycles. The third kappa shape index (κ3) is 1.92. The number of hydrogen-bond donors (Lipinski definition) is 3. The van der Waals surface area contributed by atoms with E-state index < -0.39 is 6.10 Å². The molecule has 6 nitrogen and oxygen atoms in total. The molecule has 0 bridgehead atoms. The average Bonchev–Trinajstić information content (AvgIpc) is 2.86. The SMILES string of the molecule is CCn1ccnc1CC(O)c1cn[nH]c1N. The van der Waals surface area contributed by atoms with E-state index in [0.29, 0.717) is 17.8 Å². The van der Waals surface area contributed by atoms with Crippen molar-refractivity contribution in [2.45, 2.75) is 26.0 Å². The molecule has 0 aliphatic rings. The second-order valence-electron chi connectivity index (χ2n) is 3.59. The molecule has 0 radical (unpaired) electrons. The molecule has 2 rings (SSSR count). The third-order valence-electron chi connectivity index (χ3n) is 2.58. The maximum absolute atomic E-state index is 9.99. The number of hydrogen-bond acceptors (Lipinski definition) is 4. The standard InChI is InChI=1S/C10H15N5O/c1-2-15-4-3-12-9(15)5-8(16)7-6-13-14-10(7)11/h3-4,6,8,16H,2,5H2,1H3,(H3,11,13,14). The molecule has 4 N–H and O–H groups in total. The fraction of sp³-hybridized carbons (Fsp3) is 0.400. The summed E-state index contributed by atoms with van der Waals surface area (Å²) in [5.41, 5.74) is 6.25. The van der Waals surface area contributed by atoms with Gasteiger partial charge in [-0.3, -0.25) is 5.10 Å². The van der Waals surface area contributed by atoms with Crippen LogP contribution < -0.4 is 5.73 Å². The van der Waals surface area contributed by atoms with Crippen molar-refractivity contribution < 1.29 is 5.11 Å². The lowest BCUT2D eigenvalue weighted by molar-refractivity contribution is 0.175. The first-order chi connectivity index (χ1) is 7.72. The van der Waals surface area contributed by atoms with Gasteiger partial charge >= 0.3 is 0 Å². The minimum Gasteiger partial charge on any atom is -0.388 e. The topological polar surface area (TPSA) is 92.7 Å². The molecular weight excluding hydrogens is 206 g/mol. The largest absolute Gasteiger partial charge is 0.388 e. The van der Waals surface area contributed by atoms with Gasteiger partial charge in [0, 0.05) is 30.9 Å². The summed E-state index contributed by atoms with van der Waals surface area (Å²) >= 11 is 0. The van der Waals surface area contributed by atoms with E-state index in [-0.39, 0.29) is 0 Å². The number of nitrogens with zero attached hydrogens (tertiary/aromatic N) is 3. The van der Waals surface area contributed by atoms with Gasteiger partial charge in [-0.15, -0.1) is 0 Å². The molecule has 0 amide bonds. The third-order valence-corrected chi connectivity index (χ3v) is 2.58. The Morgan fingerprint density at radius 2 is 2.44 bits per heavy atom. The summed E-state index contributed by atoms with van der Waals surface area (Å²) in [6.07, 6.45) is 4.92. The quantitative estimate of drug-likeness (QED) is 0.700. The molecule has 2 heterocycles. The number of nitrogens with two attached hydrogens (primary N) is 1. The van der Waals surface area contributed by atoms with E-state index in [9.17, 15) is 5.11 Å². The van der Waals surface area contributed by atoms with Crippen molar-refractivity contribution >= 4 is 5.82 Å². The first-order valence-electron chi connectivity index (χ1n) is 5.19. The lowest BCUT2D eigenvalue weighted by Gasteiger charge is -2.10. The first kappa shape index (κ1) is 10.7. The maximum Gasteiger partial charge on any atom is 0.124 e. The summed E-state index contributed by atoms with van der Waals surface area (Å²) < 4.78 is 1.99. The summed E-state index contributed by atoms with van der Waals surface area (Å²) in [5, 5.41) is 16.4. The Balaban J connectivity index is 2.13. The second-order valence-corrected chi connectivity index (χ2v) is 3.59. The van der Waals surface area contributed by atoms with E-state index in [2.05, 4.69) is 15.2 Å². The van der Waals surface area contributed by atoms with Crippen LogP contribution in [0.25, 0.3) is 0 Å². The first-order valence-corrected chi connectivity index (χ1v) is 5.19. The summed E-state index contributed by atoms with van der Waals surface area (Å²) in [6, 6.07) is 0. The van der Waals surface area contributed by atoms with E-state index in [1.54, 1.807) is 12.4 Å². The number of aliphatic hydroxyl groups is 1. The van der Waals surface area contributed by atoms with Crippen LogP contribution in [0, 0.1) is 0 Å². The zero-order valence-electron chi connectivity index (χ0n) is 9.09. The molecule has 16 heavy (non-hydrogen) atoms. The molecule has 1 atom stereocenters. The van der Waals surface area contributed by atoms with Gasteiger partial charge in [0.2, 0.25) is 0 Å². The second kappa shape index (κ2) is 4.36. The van der Waals surface area contributed by atoms with Crippen molar-refractivity contribution in [1.29, 1.82) is 0 Å². The average molecular weight is 221 g/mol. The smallest absolute Gasteiger partial charge is 0.124 e. The van der Waals surface area contributed by atoms with E-state index in [0.717, 1.165) is 12.4 Å². The fourth-order valence-electron chi connectivity index (χ4n) is 1.67. The molecule has 86 valence electrons. The van der Waals surface area contributed by atoms with Crippen LogP contribution in [-0.4, -0.2) is 24.9 Å². The number of rotatable bonds is 4. The van der Waals surface area contributed by atoms with Crippen molar-refractivity contribution in [3.05, 3.63) is 30.0 Å². The maximum atomic E-state index is 9.99. The highest BCUT2D eigenvalue weighted by atomic mass is 16.3. The molecular formula is C10H15N5O. The van der Waals surface area contributed by atoms with Crippen LogP contribution in [0.15, 0.2) is 18.6 Å². The molecule has 6 heteroatoms. The predicted molar refractivity (Wildman–Crippen MR) is 59.6 cm³/mol. The lowest BCUT2D eigenvalue weighted by atomic mass is 10.1. The summed E-state index contributed by atoms with van der Waals surface area (Å²) in [6.45, 7) is 2.87. The highest BCUT2D eigenvalue weighted by molar-refractivity contribution is 5.38. The van der Waals surface area contributed by atoms with E-state index in [1.165, 1.54) is 0 Å². The number of anilines is 1. The highest BCUT2D eigenvalue weighted by Gasteiger charge is 2.15. The number of aromatic nitrogens is 4. The monoisotopic (exact) mass is 221 g/mol. The summed E-state index contributed by atoms with van der Waals surface area (Å²) in [4.78, 5) is 4.20. The Labute approximate surface area is 93.1 Å². The molecule has 0 aromatic carbocycles. The van der Waals surface area contributed by atoms with E-state index >= 15 is 0 Å². The van der Waals surface area contributed by atoms with Crippen LogP contribution in [0.5, 0.6) is 0 Å². The molecule has 0 spiro atoms.